The number of rotatable bonds is 6. The van der Waals surface area contributed by atoms with Gasteiger partial charge in [-0.1, -0.05) is 28.9 Å². The fourth-order valence-electron chi connectivity index (χ4n) is 5.84. The molecule has 2 unspecified atom stereocenters. The Hall–Kier alpha value is -2.28. The highest BCUT2D eigenvalue weighted by Crippen LogP contribution is 2.32. The fraction of sp³-hybridized carbons (Fsp3) is 0.519. The van der Waals surface area contributed by atoms with Crippen LogP contribution in [0, 0.1) is 5.92 Å². The summed E-state index contributed by atoms with van der Waals surface area (Å²) < 4.78 is 11.8. The molecular weight excluding hydrogens is 448 g/mol. The number of piperidine rings is 1. The van der Waals surface area contributed by atoms with Gasteiger partial charge in [0.05, 0.1) is 12.0 Å². The molecule has 0 bridgehead atoms. The van der Waals surface area contributed by atoms with Crippen molar-refractivity contribution in [1.82, 2.24) is 15.0 Å². The van der Waals surface area contributed by atoms with Gasteiger partial charge in [0, 0.05) is 49.7 Å². The minimum atomic E-state index is 0.563. The van der Waals surface area contributed by atoms with Crippen molar-refractivity contribution in [1.29, 1.82) is 0 Å². The van der Waals surface area contributed by atoms with Crippen molar-refractivity contribution in [2.75, 3.05) is 50.8 Å². The summed E-state index contributed by atoms with van der Waals surface area (Å²) in [7, 11) is 0. The highest BCUT2D eigenvalue weighted by molar-refractivity contribution is 6.31. The largest absolute Gasteiger partial charge is 0.493 e. The lowest BCUT2D eigenvalue weighted by atomic mass is 9.91. The molecule has 3 aliphatic heterocycles. The van der Waals surface area contributed by atoms with Crippen molar-refractivity contribution >= 4 is 28.4 Å². The minimum Gasteiger partial charge on any atom is -0.493 e. The summed E-state index contributed by atoms with van der Waals surface area (Å²) in [5, 5.41) is 6.34. The number of piperazine rings is 1. The molecule has 3 aromatic rings. The highest BCUT2D eigenvalue weighted by atomic mass is 35.5. The van der Waals surface area contributed by atoms with Gasteiger partial charge in [-0.25, -0.2) is 0 Å². The van der Waals surface area contributed by atoms with Crippen molar-refractivity contribution < 1.29 is 9.26 Å². The molecule has 6 rings (SSSR count). The monoisotopic (exact) mass is 480 g/mol. The summed E-state index contributed by atoms with van der Waals surface area (Å²) in [6, 6.07) is 14.9. The molecule has 3 saturated heterocycles. The molecule has 0 N–H and O–H groups in total. The quantitative estimate of drug-likeness (QED) is 0.491. The van der Waals surface area contributed by atoms with E-state index in [0.29, 0.717) is 12.0 Å². The zero-order chi connectivity index (χ0) is 22.9. The molecule has 6 nitrogen and oxygen atoms in total. The van der Waals surface area contributed by atoms with Gasteiger partial charge in [0.15, 0.2) is 11.4 Å². The Kier molecular flexibility index (Phi) is 6.37. The third kappa shape index (κ3) is 4.64. The fourth-order valence-corrected chi connectivity index (χ4v) is 6.02. The molecule has 7 heteroatoms. The van der Waals surface area contributed by atoms with Crippen molar-refractivity contribution in [3.8, 4) is 5.75 Å². The molecular formula is C27H33ClN4O2. The predicted octanol–water partition coefficient (Wildman–Crippen LogP) is 5.06. The van der Waals surface area contributed by atoms with Gasteiger partial charge in [0.25, 0.3) is 0 Å². The van der Waals surface area contributed by atoms with Crippen LogP contribution in [0.15, 0.2) is 47.0 Å². The normalized spacial score (nSPS) is 24.0. The van der Waals surface area contributed by atoms with Crippen molar-refractivity contribution in [3.05, 3.63) is 53.1 Å². The molecule has 0 aliphatic carbocycles. The van der Waals surface area contributed by atoms with Crippen LogP contribution in [0.3, 0.4) is 0 Å². The molecule has 4 heterocycles. The first-order valence-corrected chi connectivity index (χ1v) is 13.1. The second-order valence-corrected chi connectivity index (χ2v) is 10.5. The predicted molar refractivity (Wildman–Crippen MR) is 136 cm³/mol. The van der Waals surface area contributed by atoms with Crippen LogP contribution in [0.2, 0.25) is 5.02 Å². The number of likely N-dealkylation sites (tertiary alicyclic amines) is 1. The van der Waals surface area contributed by atoms with Crippen LogP contribution in [0.5, 0.6) is 5.75 Å². The number of hydrogen-bond donors (Lipinski definition) is 0. The Bertz CT molecular complexity index is 1130. The molecule has 1 aromatic heterocycles. The Balaban J connectivity index is 1.03. The van der Waals surface area contributed by atoms with E-state index in [9.17, 15) is 0 Å². The van der Waals surface area contributed by atoms with Crippen molar-refractivity contribution in [2.45, 2.75) is 38.3 Å². The SMILES string of the molecule is Clc1ccc(OCC2CCC3CN(c4noc5ccccc45)CCN3C2)cc1CN1CCCC1. The van der Waals surface area contributed by atoms with E-state index in [1.165, 1.54) is 44.3 Å². The third-order valence-corrected chi connectivity index (χ3v) is 8.13. The maximum atomic E-state index is 6.48. The molecule has 0 spiro atoms. The summed E-state index contributed by atoms with van der Waals surface area (Å²) in [5.74, 6) is 2.50. The lowest BCUT2D eigenvalue weighted by molar-refractivity contribution is 0.0726. The van der Waals surface area contributed by atoms with Gasteiger partial charge in [-0.2, -0.15) is 0 Å². The van der Waals surface area contributed by atoms with E-state index in [1.54, 1.807) is 0 Å². The number of aromatic nitrogens is 1. The number of halogens is 1. The second kappa shape index (κ2) is 9.76. The third-order valence-electron chi connectivity index (χ3n) is 7.76. The zero-order valence-corrected chi connectivity index (χ0v) is 20.4. The number of hydrogen-bond acceptors (Lipinski definition) is 6. The molecule has 3 aliphatic rings. The van der Waals surface area contributed by atoms with E-state index >= 15 is 0 Å². The van der Waals surface area contributed by atoms with E-state index in [1.807, 2.05) is 24.3 Å². The maximum Gasteiger partial charge on any atom is 0.180 e. The van der Waals surface area contributed by atoms with Crippen LogP contribution < -0.4 is 9.64 Å². The van der Waals surface area contributed by atoms with Crippen molar-refractivity contribution in [2.24, 2.45) is 5.92 Å². The summed E-state index contributed by atoms with van der Waals surface area (Å²) in [4.78, 5) is 7.53. The number of fused-ring (bicyclic) bond motifs is 2. The lowest BCUT2D eigenvalue weighted by Gasteiger charge is -2.46. The topological polar surface area (TPSA) is 45.0 Å². The van der Waals surface area contributed by atoms with Gasteiger partial charge in [-0.05, 0) is 74.7 Å². The molecule has 180 valence electrons. The molecule has 2 atom stereocenters. The Morgan fingerprint density at radius 2 is 1.88 bits per heavy atom. The van der Waals surface area contributed by atoms with Gasteiger partial charge in [-0.15, -0.1) is 0 Å². The van der Waals surface area contributed by atoms with E-state index in [2.05, 4.69) is 38.1 Å². The average molecular weight is 481 g/mol. The van der Waals surface area contributed by atoms with Crippen LogP contribution >= 0.6 is 11.6 Å². The van der Waals surface area contributed by atoms with Gasteiger partial charge in [-0.3, -0.25) is 9.80 Å². The van der Waals surface area contributed by atoms with Crippen LogP contribution in [0.1, 0.15) is 31.2 Å². The maximum absolute atomic E-state index is 6.48. The minimum absolute atomic E-state index is 0.563. The Morgan fingerprint density at radius 3 is 2.79 bits per heavy atom. The number of ether oxygens (including phenoxy) is 1. The number of anilines is 1. The summed E-state index contributed by atoms with van der Waals surface area (Å²) in [5.41, 5.74) is 2.05. The molecule has 34 heavy (non-hydrogen) atoms. The molecule has 2 aromatic carbocycles. The number of para-hydroxylation sites is 1. The van der Waals surface area contributed by atoms with Crippen LogP contribution in [0.25, 0.3) is 11.0 Å². The highest BCUT2D eigenvalue weighted by Gasteiger charge is 2.34. The first kappa shape index (κ1) is 22.2. The Morgan fingerprint density at radius 1 is 1.00 bits per heavy atom. The molecule has 0 amide bonds. The van der Waals surface area contributed by atoms with Crippen LogP contribution in [0.4, 0.5) is 5.82 Å². The number of benzene rings is 2. The molecule has 0 radical (unpaired) electrons. The number of nitrogens with zero attached hydrogens (tertiary/aromatic N) is 4. The molecule has 0 saturated carbocycles. The summed E-state index contributed by atoms with van der Waals surface area (Å²) in [6.07, 6.45) is 4.98. The van der Waals surface area contributed by atoms with Gasteiger partial charge in [0.2, 0.25) is 0 Å². The van der Waals surface area contributed by atoms with Crippen LogP contribution in [-0.4, -0.2) is 66.9 Å². The standard InChI is InChI=1S/C27H33ClN4O2/c28-25-10-9-23(15-21(25)17-30-11-3-4-12-30)33-19-20-7-8-22-18-32(14-13-31(22)16-20)27-24-5-1-2-6-26(24)34-29-27/h1-2,5-6,9-10,15,20,22H,3-4,7-8,11-14,16-19H2. The smallest absolute Gasteiger partial charge is 0.180 e. The first-order chi connectivity index (χ1) is 16.7. The van der Waals surface area contributed by atoms with E-state index in [0.717, 1.165) is 66.9 Å². The summed E-state index contributed by atoms with van der Waals surface area (Å²) >= 11 is 6.48. The van der Waals surface area contributed by atoms with Gasteiger partial charge in [0.1, 0.15) is 5.75 Å². The summed E-state index contributed by atoms with van der Waals surface area (Å²) in [6.45, 7) is 8.20. The lowest BCUT2D eigenvalue weighted by Crippen LogP contribution is -2.57. The average Bonchev–Trinajstić information content (AvgIpc) is 3.54. The van der Waals surface area contributed by atoms with Gasteiger partial charge >= 0.3 is 0 Å². The van der Waals surface area contributed by atoms with E-state index in [-0.39, 0.29) is 0 Å². The van der Waals surface area contributed by atoms with Crippen molar-refractivity contribution in [3.63, 3.8) is 0 Å². The van der Waals surface area contributed by atoms with Gasteiger partial charge < -0.3 is 14.2 Å². The van der Waals surface area contributed by atoms with E-state index in [4.69, 9.17) is 20.9 Å². The first-order valence-electron chi connectivity index (χ1n) is 12.7. The zero-order valence-electron chi connectivity index (χ0n) is 19.7. The molecule has 3 fully saturated rings. The van der Waals surface area contributed by atoms with Crippen LogP contribution in [-0.2, 0) is 6.54 Å². The Labute approximate surface area is 206 Å². The van der Waals surface area contributed by atoms with E-state index < -0.39 is 0 Å². The second-order valence-electron chi connectivity index (χ2n) is 10.1.